The monoisotopic (exact) mass is 440 g/mol. The molecule has 2 N–H and O–H groups in total. The van der Waals surface area contributed by atoms with E-state index in [1.54, 1.807) is 12.1 Å². The molecule has 0 spiro atoms. The highest BCUT2D eigenvalue weighted by atomic mass is 31.2. The maximum atomic E-state index is 13.5. The number of rotatable bonds is 9. The molecule has 1 aromatic carbocycles. The van der Waals surface area contributed by atoms with Crippen molar-refractivity contribution >= 4 is 18.9 Å². The molecular formula is C23H34FO5P. The molecule has 7 heteroatoms. The van der Waals surface area contributed by atoms with Crippen molar-refractivity contribution in [3.8, 4) is 0 Å². The molecule has 0 saturated carbocycles. The Morgan fingerprint density at radius 1 is 1.23 bits per heavy atom. The Hall–Kier alpha value is -1.49. The van der Waals surface area contributed by atoms with Crippen LogP contribution in [0, 0.1) is 16.6 Å². The number of carbonyl (C=O) groups is 1. The van der Waals surface area contributed by atoms with Gasteiger partial charge in [-0.2, -0.15) is 0 Å². The van der Waals surface area contributed by atoms with E-state index in [4.69, 9.17) is 9.63 Å². The number of aliphatic hydroxyl groups is 1. The second-order valence-corrected chi connectivity index (χ2v) is 12.6. The molecule has 0 saturated heterocycles. The third-order valence-electron chi connectivity index (χ3n) is 5.88. The second kappa shape index (κ2) is 9.33. The van der Waals surface area contributed by atoms with E-state index in [2.05, 4.69) is 27.7 Å². The Balaban J connectivity index is 2.36. The average molecular weight is 440 g/mol. The summed E-state index contributed by atoms with van der Waals surface area (Å²) in [6.07, 6.45) is 0.675. The van der Waals surface area contributed by atoms with Crippen LogP contribution in [0.5, 0.6) is 0 Å². The first-order valence-corrected chi connectivity index (χ1v) is 12.3. The smallest absolute Gasteiger partial charge is 0.305 e. The van der Waals surface area contributed by atoms with Gasteiger partial charge < -0.3 is 14.7 Å². The molecule has 1 aliphatic carbocycles. The van der Waals surface area contributed by atoms with Crippen molar-refractivity contribution in [3.05, 3.63) is 41.2 Å². The van der Waals surface area contributed by atoms with Gasteiger partial charge in [-0.25, -0.2) is 4.39 Å². The molecule has 30 heavy (non-hydrogen) atoms. The van der Waals surface area contributed by atoms with Gasteiger partial charge >= 0.3 is 5.97 Å². The molecule has 2 atom stereocenters. The van der Waals surface area contributed by atoms with Crippen LogP contribution in [0.25, 0.3) is 5.57 Å². The maximum absolute atomic E-state index is 13.5. The van der Waals surface area contributed by atoms with Crippen molar-refractivity contribution < 1.29 is 28.5 Å². The van der Waals surface area contributed by atoms with Crippen LogP contribution in [0.15, 0.2) is 29.8 Å². The molecule has 0 aromatic heterocycles. The van der Waals surface area contributed by atoms with Crippen LogP contribution in [0.2, 0.25) is 0 Å². The highest BCUT2D eigenvalue weighted by molar-refractivity contribution is 7.59. The zero-order valence-corrected chi connectivity index (χ0v) is 19.5. The van der Waals surface area contributed by atoms with Gasteiger partial charge in [0.25, 0.3) is 0 Å². The van der Waals surface area contributed by atoms with E-state index in [0.29, 0.717) is 6.42 Å². The molecule has 2 rings (SSSR count). The fourth-order valence-corrected chi connectivity index (χ4v) is 6.75. The van der Waals surface area contributed by atoms with Gasteiger partial charge in [0.1, 0.15) is 5.82 Å². The van der Waals surface area contributed by atoms with Crippen LogP contribution in [0.1, 0.15) is 58.9 Å². The lowest BCUT2D eigenvalue weighted by molar-refractivity contribution is -0.138. The number of hydrogen-bond acceptors (Lipinski definition) is 4. The molecule has 0 amide bonds. The molecule has 0 heterocycles. The van der Waals surface area contributed by atoms with Gasteiger partial charge in [-0.3, -0.25) is 9.36 Å². The molecule has 1 aliphatic rings. The first kappa shape index (κ1) is 24.8. The minimum absolute atomic E-state index is 0.0688. The van der Waals surface area contributed by atoms with E-state index in [1.807, 2.05) is 0 Å². The predicted octanol–water partition coefficient (Wildman–Crippen LogP) is 5.58. The van der Waals surface area contributed by atoms with Crippen LogP contribution in [0.4, 0.5) is 4.39 Å². The minimum Gasteiger partial charge on any atom is -0.481 e. The van der Waals surface area contributed by atoms with Crippen molar-refractivity contribution in [2.75, 3.05) is 19.4 Å². The largest absolute Gasteiger partial charge is 0.481 e. The van der Waals surface area contributed by atoms with Crippen LogP contribution < -0.4 is 0 Å². The second-order valence-electron chi connectivity index (χ2n) is 9.77. The molecule has 0 aliphatic heterocycles. The van der Waals surface area contributed by atoms with E-state index in [9.17, 15) is 18.9 Å². The SMILES string of the molecule is COP(=O)(CCC1=C(c2ccc(F)cc2)CC(C)(C)CC1(C)C)C[C@@H](O)CC(=O)O. The summed E-state index contributed by atoms with van der Waals surface area (Å²) in [5.41, 5.74) is 3.19. The van der Waals surface area contributed by atoms with Gasteiger partial charge in [-0.1, -0.05) is 45.4 Å². The summed E-state index contributed by atoms with van der Waals surface area (Å²) < 4.78 is 32.0. The topological polar surface area (TPSA) is 83.8 Å². The fourth-order valence-electron chi connectivity index (χ4n) is 4.90. The van der Waals surface area contributed by atoms with E-state index in [0.717, 1.165) is 24.0 Å². The normalized spacial score (nSPS) is 21.2. The van der Waals surface area contributed by atoms with E-state index in [-0.39, 0.29) is 29.0 Å². The zero-order chi connectivity index (χ0) is 22.7. The number of aliphatic hydroxyl groups excluding tert-OH is 1. The molecule has 5 nitrogen and oxygen atoms in total. The van der Waals surface area contributed by atoms with Crippen molar-refractivity contribution in [1.82, 2.24) is 0 Å². The van der Waals surface area contributed by atoms with Crippen molar-refractivity contribution in [2.24, 2.45) is 10.8 Å². The van der Waals surface area contributed by atoms with Crippen LogP contribution in [-0.2, 0) is 13.9 Å². The van der Waals surface area contributed by atoms with Gasteiger partial charge in [0.2, 0.25) is 7.37 Å². The first-order valence-electron chi connectivity index (χ1n) is 10.3. The van der Waals surface area contributed by atoms with Crippen LogP contribution >= 0.6 is 7.37 Å². The third-order valence-corrected chi connectivity index (χ3v) is 8.43. The standard InChI is InChI=1S/C23H34FO5P/c1-22(2)13-19(16-6-8-17(24)9-7-16)20(23(3,4)15-22)10-11-30(28,29-5)14-18(25)12-21(26)27/h6-9,18,25H,10-15H2,1-5H3,(H,26,27)/t18-,30?/m0/s1. The highest BCUT2D eigenvalue weighted by Gasteiger charge is 2.40. The summed E-state index contributed by atoms with van der Waals surface area (Å²) in [5, 5.41) is 18.8. The Morgan fingerprint density at radius 2 is 1.83 bits per heavy atom. The number of allylic oxidation sites excluding steroid dienone is 2. The van der Waals surface area contributed by atoms with Crippen LogP contribution in [-0.4, -0.2) is 41.7 Å². The van der Waals surface area contributed by atoms with Crippen molar-refractivity contribution in [2.45, 2.75) is 59.5 Å². The van der Waals surface area contributed by atoms with Gasteiger partial charge in [0, 0.05) is 13.3 Å². The minimum atomic E-state index is -3.20. The number of benzene rings is 1. The summed E-state index contributed by atoms with van der Waals surface area (Å²) in [7, 11) is -1.86. The number of halogens is 1. The maximum Gasteiger partial charge on any atom is 0.305 e. The lowest BCUT2D eigenvalue weighted by Crippen LogP contribution is -2.31. The van der Waals surface area contributed by atoms with E-state index < -0.39 is 25.9 Å². The van der Waals surface area contributed by atoms with Gasteiger partial charge in [-0.05, 0) is 53.4 Å². The summed E-state index contributed by atoms with van der Waals surface area (Å²) in [6.45, 7) is 8.78. The molecule has 0 fully saturated rings. The molecule has 0 radical (unpaired) electrons. The first-order chi connectivity index (χ1) is 13.8. The van der Waals surface area contributed by atoms with Crippen molar-refractivity contribution in [3.63, 3.8) is 0 Å². The molecule has 1 unspecified atom stereocenters. The zero-order valence-electron chi connectivity index (χ0n) is 18.6. The lowest BCUT2D eigenvalue weighted by atomic mass is 9.61. The van der Waals surface area contributed by atoms with Crippen LogP contribution in [0.3, 0.4) is 0 Å². The Labute approximate surface area is 178 Å². The number of carboxylic acid groups (broad SMARTS) is 1. The summed E-state index contributed by atoms with van der Waals surface area (Å²) in [5.74, 6) is -1.42. The van der Waals surface area contributed by atoms with Gasteiger partial charge in [0.15, 0.2) is 0 Å². The number of aliphatic carboxylic acids is 1. The van der Waals surface area contributed by atoms with E-state index >= 15 is 0 Å². The van der Waals surface area contributed by atoms with E-state index in [1.165, 1.54) is 24.8 Å². The van der Waals surface area contributed by atoms with Crippen molar-refractivity contribution in [1.29, 1.82) is 0 Å². The van der Waals surface area contributed by atoms with Gasteiger partial charge in [0.05, 0.1) is 18.7 Å². The third kappa shape index (κ3) is 6.50. The summed E-state index contributed by atoms with van der Waals surface area (Å²) in [6, 6.07) is 6.48. The molecular weight excluding hydrogens is 406 g/mol. The van der Waals surface area contributed by atoms with Gasteiger partial charge in [-0.15, -0.1) is 0 Å². The quantitative estimate of drug-likeness (QED) is 0.490. The number of hydrogen-bond donors (Lipinski definition) is 2. The highest BCUT2D eigenvalue weighted by Crippen LogP contribution is 2.55. The predicted molar refractivity (Wildman–Crippen MR) is 117 cm³/mol. The number of carboxylic acids is 1. The summed E-state index contributed by atoms with van der Waals surface area (Å²) in [4.78, 5) is 10.8. The molecule has 0 bridgehead atoms. The molecule has 168 valence electrons. The Bertz CT molecular complexity index is 842. The Kier molecular flexibility index (Phi) is 7.71. The Morgan fingerprint density at radius 3 is 2.37 bits per heavy atom. The fraction of sp³-hybridized carbons (Fsp3) is 0.609. The molecule has 1 aromatic rings. The summed E-state index contributed by atoms with van der Waals surface area (Å²) >= 11 is 0. The average Bonchev–Trinajstić information content (AvgIpc) is 2.58. The lowest BCUT2D eigenvalue weighted by Gasteiger charge is -2.44.